The lowest BCUT2D eigenvalue weighted by molar-refractivity contribution is -0.384. The summed E-state index contributed by atoms with van der Waals surface area (Å²) in [5.74, 6) is -0.366. The van der Waals surface area contributed by atoms with E-state index in [1.54, 1.807) is 18.2 Å². The van der Waals surface area contributed by atoms with Crippen molar-refractivity contribution in [1.29, 1.82) is 0 Å². The largest absolute Gasteiger partial charge is 0.493 e. The summed E-state index contributed by atoms with van der Waals surface area (Å²) >= 11 is 0. The van der Waals surface area contributed by atoms with E-state index in [9.17, 15) is 19.7 Å². The van der Waals surface area contributed by atoms with Crippen molar-refractivity contribution in [2.45, 2.75) is 12.8 Å². The second-order valence-electron chi connectivity index (χ2n) is 6.72. The molecule has 1 saturated heterocycles. The van der Waals surface area contributed by atoms with E-state index in [0.717, 1.165) is 25.9 Å². The number of ether oxygens (including phenoxy) is 3. The Hall–Kier alpha value is -3.62. The molecule has 0 unspecified atom stereocenters. The molecule has 1 aliphatic heterocycles. The summed E-state index contributed by atoms with van der Waals surface area (Å²) in [6, 6.07) is 8.73. The molecule has 0 saturated carbocycles. The SMILES string of the molecule is COc1ccc(C(=O)COC(=O)c2cc([N+](=O)[O-])ccc2N2CCCC2)cc1OC. The molecule has 0 radical (unpaired) electrons. The second kappa shape index (κ2) is 9.25. The van der Waals surface area contributed by atoms with Gasteiger partial charge in [0.2, 0.25) is 0 Å². The van der Waals surface area contributed by atoms with Crippen LogP contribution in [0, 0.1) is 10.1 Å². The maximum absolute atomic E-state index is 12.7. The van der Waals surface area contributed by atoms with Crippen molar-refractivity contribution in [3.8, 4) is 11.5 Å². The quantitative estimate of drug-likeness (QED) is 0.280. The summed E-state index contributed by atoms with van der Waals surface area (Å²) in [6.07, 6.45) is 1.95. The molecule has 2 aromatic rings. The average molecular weight is 414 g/mol. The van der Waals surface area contributed by atoms with Crippen molar-refractivity contribution in [1.82, 2.24) is 0 Å². The molecule has 0 N–H and O–H groups in total. The molecule has 0 atom stereocenters. The molecule has 0 aliphatic carbocycles. The lowest BCUT2D eigenvalue weighted by atomic mass is 10.1. The van der Waals surface area contributed by atoms with Crippen LogP contribution < -0.4 is 14.4 Å². The van der Waals surface area contributed by atoms with Gasteiger partial charge in [0.25, 0.3) is 5.69 Å². The van der Waals surface area contributed by atoms with Crippen LogP contribution in [0.25, 0.3) is 0 Å². The summed E-state index contributed by atoms with van der Waals surface area (Å²) in [6.45, 7) is 1.00. The molecule has 0 spiro atoms. The van der Waals surface area contributed by atoms with Crippen molar-refractivity contribution in [2.75, 3.05) is 38.8 Å². The molecule has 158 valence electrons. The van der Waals surface area contributed by atoms with Gasteiger partial charge >= 0.3 is 5.97 Å². The summed E-state index contributed by atoms with van der Waals surface area (Å²) in [4.78, 5) is 37.7. The zero-order valence-corrected chi connectivity index (χ0v) is 16.8. The van der Waals surface area contributed by atoms with Crippen molar-refractivity contribution in [3.05, 3.63) is 57.6 Å². The van der Waals surface area contributed by atoms with Crippen LogP contribution in [0.5, 0.6) is 11.5 Å². The number of benzene rings is 2. The molecule has 0 aromatic heterocycles. The van der Waals surface area contributed by atoms with Crippen molar-refractivity contribution in [2.24, 2.45) is 0 Å². The Morgan fingerprint density at radius 3 is 2.37 bits per heavy atom. The van der Waals surface area contributed by atoms with E-state index < -0.39 is 23.3 Å². The van der Waals surface area contributed by atoms with E-state index in [4.69, 9.17) is 14.2 Å². The fraction of sp³-hybridized carbons (Fsp3) is 0.333. The lowest BCUT2D eigenvalue weighted by Gasteiger charge is -2.20. The molecule has 1 heterocycles. The molecule has 2 aromatic carbocycles. The lowest BCUT2D eigenvalue weighted by Crippen LogP contribution is -2.22. The van der Waals surface area contributed by atoms with Gasteiger partial charge in [-0.25, -0.2) is 4.79 Å². The van der Waals surface area contributed by atoms with Gasteiger partial charge in [-0.05, 0) is 37.1 Å². The Bertz CT molecular complexity index is 968. The number of carbonyl (C=O) groups excluding carboxylic acids is 2. The Labute approximate surface area is 173 Å². The molecular formula is C21H22N2O7. The monoisotopic (exact) mass is 414 g/mol. The van der Waals surface area contributed by atoms with Gasteiger partial charge < -0.3 is 19.1 Å². The predicted octanol–water partition coefficient (Wildman–Crippen LogP) is 3.25. The number of hydrogen-bond donors (Lipinski definition) is 0. The molecular weight excluding hydrogens is 392 g/mol. The number of hydrogen-bond acceptors (Lipinski definition) is 8. The van der Waals surface area contributed by atoms with Crippen LogP contribution in [0.3, 0.4) is 0 Å². The molecule has 1 fully saturated rings. The number of carbonyl (C=O) groups is 2. The van der Waals surface area contributed by atoms with Crippen LogP contribution in [0.1, 0.15) is 33.6 Å². The van der Waals surface area contributed by atoms with Crippen LogP contribution >= 0.6 is 0 Å². The molecule has 0 amide bonds. The minimum Gasteiger partial charge on any atom is -0.493 e. The van der Waals surface area contributed by atoms with E-state index >= 15 is 0 Å². The van der Waals surface area contributed by atoms with Gasteiger partial charge in [0, 0.05) is 30.8 Å². The zero-order chi connectivity index (χ0) is 21.7. The zero-order valence-electron chi connectivity index (χ0n) is 16.8. The highest BCUT2D eigenvalue weighted by Gasteiger charge is 2.24. The fourth-order valence-corrected chi connectivity index (χ4v) is 3.34. The van der Waals surface area contributed by atoms with Crippen molar-refractivity contribution in [3.63, 3.8) is 0 Å². The summed E-state index contributed by atoms with van der Waals surface area (Å²) < 4.78 is 15.5. The molecule has 0 bridgehead atoms. The van der Waals surface area contributed by atoms with Gasteiger partial charge in [-0.15, -0.1) is 0 Å². The Kier molecular flexibility index (Phi) is 6.51. The number of nitro benzene ring substituents is 1. The highest BCUT2D eigenvalue weighted by molar-refractivity contribution is 6.01. The standard InChI is InChI=1S/C21H22N2O7/c1-28-19-8-5-14(11-20(19)29-2)18(24)13-30-21(25)16-12-15(23(26)27)6-7-17(16)22-9-3-4-10-22/h5-8,11-12H,3-4,9-10,13H2,1-2H3. The minimum absolute atomic E-state index is 0.0752. The number of nitrogens with zero attached hydrogens (tertiary/aromatic N) is 2. The molecule has 30 heavy (non-hydrogen) atoms. The summed E-state index contributed by atoms with van der Waals surface area (Å²) in [5, 5.41) is 11.1. The molecule has 9 heteroatoms. The van der Waals surface area contributed by atoms with Crippen molar-refractivity contribution < 1.29 is 28.7 Å². The van der Waals surface area contributed by atoms with Gasteiger partial charge in [-0.2, -0.15) is 0 Å². The highest BCUT2D eigenvalue weighted by Crippen LogP contribution is 2.30. The van der Waals surface area contributed by atoms with E-state index in [2.05, 4.69) is 0 Å². The predicted molar refractivity (Wildman–Crippen MR) is 109 cm³/mol. The number of ketones is 1. The third-order valence-electron chi connectivity index (χ3n) is 4.90. The van der Waals surface area contributed by atoms with Crippen molar-refractivity contribution >= 4 is 23.1 Å². The Morgan fingerprint density at radius 1 is 1.03 bits per heavy atom. The third-order valence-corrected chi connectivity index (χ3v) is 4.90. The van der Waals surface area contributed by atoms with Crippen LogP contribution in [0.15, 0.2) is 36.4 Å². The van der Waals surface area contributed by atoms with Gasteiger partial charge in [0.1, 0.15) is 0 Å². The number of non-ortho nitro benzene ring substituents is 1. The number of Topliss-reactive ketones (excluding diaryl/α,β-unsaturated/α-hetero) is 1. The first-order valence-corrected chi connectivity index (χ1v) is 9.40. The third kappa shape index (κ3) is 4.51. The molecule has 1 aliphatic rings. The van der Waals surface area contributed by atoms with Gasteiger partial charge in [0.15, 0.2) is 23.9 Å². The van der Waals surface area contributed by atoms with Gasteiger partial charge in [-0.3, -0.25) is 14.9 Å². The van der Waals surface area contributed by atoms with E-state index in [-0.39, 0.29) is 11.3 Å². The van der Waals surface area contributed by atoms with Gasteiger partial charge in [0.05, 0.1) is 30.4 Å². The minimum atomic E-state index is -0.783. The maximum Gasteiger partial charge on any atom is 0.340 e. The number of rotatable bonds is 8. The average Bonchev–Trinajstić information content (AvgIpc) is 3.30. The second-order valence-corrected chi connectivity index (χ2v) is 6.72. The van der Waals surface area contributed by atoms with E-state index in [0.29, 0.717) is 22.7 Å². The molecule has 9 nitrogen and oxygen atoms in total. The number of esters is 1. The topological polar surface area (TPSA) is 108 Å². The number of methoxy groups -OCH3 is 2. The summed E-state index contributed by atoms with van der Waals surface area (Å²) in [7, 11) is 2.94. The Balaban J connectivity index is 1.77. The Morgan fingerprint density at radius 2 is 1.73 bits per heavy atom. The highest BCUT2D eigenvalue weighted by atomic mass is 16.6. The first kappa shape index (κ1) is 21.1. The first-order chi connectivity index (χ1) is 14.4. The maximum atomic E-state index is 12.7. The van der Waals surface area contributed by atoms with E-state index in [1.807, 2.05) is 4.90 Å². The van der Waals surface area contributed by atoms with Crippen LogP contribution in [-0.2, 0) is 4.74 Å². The first-order valence-electron chi connectivity index (χ1n) is 9.40. The number of anilines is 1. The fourth-order valence-electron chi connectivity index (χ4n) is 3.34. The number of nitro groups is 1. The van der Waals surface area contributed by atoms with E-state index in [1.165, 1.54) is 32.4 Å². The van der Waals surface area contributed by atoms with Crippen LogP contribution in [0.4, 0.5) is 11.4 Å². The summed E-state index contributed by atoms with van der Waals surface area (Å²) in [5.41, 5.74) is 0.725. The molecule has 3 rings (SSSR count). The van der Waals surface area contributed by atoms with Gasteiger partial charge in [-0.1, -0.05) is 0 Å². The van der Waals surface area contributed by atoms with Crippen LogP contribution in [0.2, 0.25) is 0 Å². The normalized spacial score (nSPS) is 13.1. The smallest absolute Gasteiger partial charge is 0.340 e. The van der Waals surface area contributed by atoms with Crippen LogP contribution in [-0.4, -0.2) is 50.6 Å².